The van der Waals surface area contributed by atoms with Crippen LogP contribution < -0.4 is 0 Å². The molecule has 0 heterocycles. The monoisotopic (exact) mass is 275 g/mol. The van der Waals surface area contributed by atoms with E-state index in [1.54, 1.807) is 12.1 Å². The minimum Gasteiger partial charge on any atom is -0.352 e. The molecule has 0 fully saturated rings. The summed E-state index contributed by atoms with van der Waals surface area (Å²) in [6.45, 7) is 0. The smallest absolute Gasteiger partial charge is 0.283 e. The lowest BCUT2D eigenvalue weighted by Gasteiger charge is -2.14. The zero-order valence-electron chi connectivity index (χ0n) is 8.27. The molecule has 0 saturated carbocycles. The van der Waals surface area contributed by atoms with E-state index < -0.39 is 11.2 Å². The van der Waals surface area contributed by atoms with Crippen molar-refractivity contribution >= 4 is 21.6 Å². The molecule has 1 rings (SSSR count). The van der Waals surface area contributed by atoms with E-state index in [2.05, 4.69) is 15.9 Å². The van der Waals surface area contributed by atoms with Gasteiger partial charge in [0.25, 0.3) is 5.69 Å². The van der Waals surface area contributed by atoms with Crippen molar-refractivity contribution in [3.63, 3.8) is 0 Å². The highest BCUT2D eigenvalue weighted by Gasteiger charge is 2.20. The standard InChI is InChI=1S/C9H10BrNO4/c1-14-9(15-2)6-4-3-5-7(8(6)10)11(12)13/h3-5,9H,1-2H3. The molecule has 1 aromatic carbocycles. The Hall–Kier alpha value is -0.980. The SMILES string of the molecule is COC(OC)c1cccc([N+](=O)[O-])c1Br. The van der Waals surface area contributed by atoms with Crippen LogP contribution in [0.3, 0.4) is 0 Å². The summed E-state index contributed by atoms with van der Waals surface area (Å²) >= 11 is 3.16. The number of rotatable bonds is 4. The van der Waals surface area contributed by atoms with Gasteiger partial charge in [0.1, 0.15) is 4.47 Å². The second-order valence-electron chi connectivity index (χ2n) is 2.74. The fourth-order valence-corrected chi connectivity index (χ4v) is 1.81. The lowest BCUT2D eigenvalue weighted by atomic mass is 10.2. The summed E-state index contributed by atoms with van der Waals surface area (Å²) < 4.78 is 10.4. The van der Waals surface area contributed by atoms with Gasteiger partial charge in [0.15, 0.2) is 6.29 Å². The first kappa shape index (κ1) is 12.1. The van der Waals surface area contributed by atoms with Crippen LogP contribution in [0.5, 0.6) is 0 Å². The summed E-state index contributed by atoms with van der Waals surface area (Å²) in [5.74, 6) is 0. The van der Waals surface area contributed by atoms with Crippen LogP contribution in [0.25, 0.3) is 0 Å². The van der Waals surface area contributed by atoms with E-state index in [-0.39, 0.29) is 5.69 Å². The number of nitrogens with zero attached hydrogens (tertiary/aromatic N) is 1. The molecule has 0 atom stereocenters. The number of methoxy groups -OCH3 is 2. The summed E-state index contributed by atoms with van der Waals surface area (Å²) in [6, 6.07) is 4.70. The predicted octanol–water partition coefficient (Wildman–Crippen LogP) is 2.65. The van der Waals surface area contributed by atoms with Gasteiger partial charge in [-0.1, -0.05) is 12.1 Å². The Morgan fingerprint density at radius 2 is 2.00 bits per heavy atom. The normalized spacial score (nSPS) is 10.7. The Bertz CT molecular complexity index is 365. The summed E-state index contributed by atoms with van der Waals surface area (Å²) in [7, 11) is 2.94. The summed E-state index contributed by atoms with van der Waals surface area (Å²) in [4.78, 5) is 10.2. The van der Waals surface area contributed by atoms with E-state index in [1.165, 1.54) is 20.3 Å². The molecule has 5 nitrogen and oxygen atoms in total. The molecule has 0 aliphatic heterocycles. The van der Waals surface area contributed by atoms with Gasteiger partial charge in [-0.15, -0.1) is 0 Å². The number of nitro groups is 1. The van der Waals surface area contributed by atoms with Crippen LogP contribution in [0.15, 0.2) is 22.7 Å². The number of hydrogen-bond donors (Lipinski definition) is 0. The summed E-state index contributed by atoms with van der Waals surface area (Å²) in [6.07, 6.45) is -0.612. The van der Waals surface area contributed by atoms with E-state index in [9.17, 15) is 10.1 Å². The molecule has 0 radical (unpaired) electrons. The molecule has 0 amide bonds. The van der Waals surface area contributed by atoms with Crippen LogP contribution in [0.1, 0.15) is 11.9 Å². The molecule has 0 spiro atoms. The first-order chi connectivity index (χ1) is 7.11. The van der Waals surface area contributed by atoms with Crippen LogP contribution in [0.4, 0.5) is 5.69 Å². The van der Waals surface area contributed by atoms with E-state index in [0.717, 1.165) is 0 Å². The minimum absolute atomic E-state index is 0.00778. The topological polar surface area (TPSA) is 61.6 Å². The molecule has 0 aliphatic carbocycles. The molecule has 0 aromatic heterocycles. The maximum absolute atomic E-state index is 10.7. The lowest BCUT2D eigenvalue weighted by molar-refractivity contribution is -0.385. The van der Waals surface area contributed by atoms with Crippen molar-refractivity contribution in [3.8, 4) is 0 Å². The van der Waals surface area contributed by atoms with Gasteiger partial charge in [-0.05, 0) is 15.9 Å². The molecule has 0 aliphatic rings. The van der Waals surface area contributed by atoms with Crippen LogP contribution in [0.2, 0.25) is 0 Å². The second kappa shape index (κ2) is 5.20. The van der Waals surface area contributed by atoms with E-state index in [0.29, 0.717) is 10.0 Å². The Morgan fingerprint density at radius 3 is 2.47 bits per heavy atom. The van der Waals surface area contributed by atoms with Gasteiger partial charge in [-0.2, -0.15) is 0 Å². The van der Waals surface area contributed by atoms with E-state index >= 15 is 0 Å². The van der Waals surface area contributed by atoms with Crippen molar-refractivity contribution in [3.05, 3.63) is 38.3 Å². The van der Waals surface area contributed by atoms with Crippen LogP contribution >= 0.6 is 15.9 Å². The van der Waals surface area contributed by atoms with Gasteiger partial charge in [0, 0.05) is 25.8 Å². The Kier molecular flexibility index (Phi) is 4.19. The average Bonchev–Trinajstić information content (AvgIpc) is 2.21. The predicted molar refractivity (Wildman–Crippen MR) is 57.6 cm³/mol. The molecule has 0 bridgehead atoms. The van der Waals surface area contributed by atoms with E-state index in [1.807, 2.05) is 0 Å². The first-order valence-corrected chi connectivity index (χ1v) is 4.89. The van der Waals surface area contributed by atoms with Gasteiger partial charge < -0.3 is 9.47 Å². The molecule has 1 aromatic rings. The zero-order valence-corrected chi connectivity index (χ0v) is 9.85. The van der Waals surface area contributed by atoms with E-state index in [4.69, 9.17) is 9.47 Å². The minimum atomic E-state index is -0.612. The van der Waals surface area contributed by atoms with Gasteiger partial charge >= 0.3 is 0 Å². The van der Waals surface area contributed by atoms with Crippen molar-refractivity contribution < 1.29 is 14.4 Å². The number of halogens is 1. The average molecular weight is 276 g/mol. The Morgan fingerprint density at radius 1 is 1.40 bits per heavy atom. The molecule has 0 unspecified atom stereocenters. The van der Waals surface area contributed by atoms with Gasteiger partial charge in [0.05, 0.1) is 4.92 Å². The molecular weight excluding hydrogens is 266 g/mol. The van der Waals surface area contributed by atoms with Crippen molar-refractivity contribution in [2.45, 2.75) is 6.29 Å². The third-order valence-corrected chi connectivity index (χ3v) is 2.75. The zero-order chi connectivity index (χ0) is 11.4. The Labute approximate surface area is 95.3 Å². The molecule has 6 heteroatoms. The number of nitro benzene ring substituents is 1. The second-order valence-corrected chi connectivity index (χ2v) is 3.53. The maximum Gasteiger partial charge on any atom is 0.283 e. The van der Waals surface area contributed by atoms with Gasteiger partial charge in [-0.3, -0.25) is 10.1 Å². The highest BCUT2D eigenvalue weighted by molar-refractivity contribution is 9.10. The molecule has 82 valence electrons. The molecule has 0 saturated heterocycles. The highest BCUT2D eigenvalue weighted by atomic mass is 79.9. The summed E-state index contributed by atoms with van der Waals surface area (Å²) in [5, 5.41) is 10.7. The third kappa shape index (κ3) is 2.53. The fourth-order valence-electron chi connectivity index (χ4n) is 1.21. The lowest BCUT2D eigenvalue weighted by Crippen LogP contribution is -2.05. The van der Waals surface area contributed by atoms with Gasteiger partial charge in [0.2, 0.25) is 0 Å². The fraction of sp³-hybridized carbons (Fsp3) is 0.333. The maximum atomic E-state index is 10.7. The number of ether oxygens (including phenoxy) is 2. The third-order valence-electron chi connectivity index (χ3n) is 1.89. The summed E-state index contributed by atoms with van der Waals surface area (Å²) in [5.41, 5.74) is 0.584. The first-order valence-electron chi connectivity index (χ1n) is 4.10. The largest absolute Gasteiger partial charge is 0.352 e. The highest BCUT2D eigenvalue weighted by Crippen LogP contribution is 2.33. The number of hydrogen-bond acceptors (Lipinski definition) is 4. The molecule has 15 heavy (non-hydrogen) atoms. The van der Waals surface area contributed by atoms with Crippen molar-refractivity contribution in [2.75, 3.05) is 14.2 Å². The molecular formula is C9H10BrNO4. The van der Waals surface area contributed by atoms with Crippen LogP contribution in [0, 0.1) is 10.1 Å². The quantitative estimate of drug-likeness (QED) is 0.482. The van der Waals surface area contributed by atoms with Gasteiger partial charge in [-0.25, -0.2) is 0 Å². The number of benzene rings is 1. The van der Waals surface area contributed by atoms with Crippen molar-refractivity contribution in [1.29, 1.82) is 0 Å². The van der Waals surface area contributed by atoms with Crippen LogP contribution in [-0.4, -0.2) is 19.1 Å². The van der Waals surface area contributed by atoms with Crippen molar-refractivity contribution in [2.24, 2.45) is 0 Å². The van der Waals surface area contributed by atoms with Crippen LogP contribution in [-0.2, 0) is 9.47 Å². The van der Waals surface area contributed by atoms with Crippen molar-refractivity contribution in [1.82, 2.24) is 0 Å². The molecule has 0 N–H and O–H groups in total. The Balaban J connectivity index is 3.19.